The number of ether oxygens (including phenoxy) is 2. The summed E-state index contributed by atoms with van der Waals surface area (Å²) in [5, 5.41) is 8.32. The van der Waals surface area contributed by atoms with Crippen LogP contribution in [-0.2, 0) is 22.4 Å². The van der Waals surface area contributed by atoms with E-state index in [1.165, 1.54) is 45.7 Å². The molecule has 0 heterocycles. The molecular weight excluding hydrogens is 823 g/mol. The van der Waals surface area contributed by atoms with Crippen LogP contribution in [-0.4, -0.2) is 24.3 Å². The van der Waals surface area contributed by atoms with Crippen LogP contribution in [0.1, 0.15) is 37.8 Å². The van der Waals surface area contributed by atoms with Gasteiger partial charge in [0.05, 0.1) is 0 Å². The van der Waals surface area contributed by atoms with Crippen LogP contribution in [0.4, 0.5) is 0 Å². The summed E-state index contributed by atoms with van der Waals surface area (Å²) in [5.74, 6) is 0.0549. The Morgan fingerprint density at radius 1 is 0.359 bits per heavy atom. The molecule has 0 N–H and O–H groups in total. The predicted molar refractivity (Wildman–Crippen MR) is 274 cm³/mol. The molecule has 6 heteroatoms. The minimum absolute atomic E-state index is 0.410. The van der Waals surface area contributed by atoms with Crippen LogP contribution in [0.25, 0.3) is 11.1 Å². The van der Waals surface area contributed by atoms with Gasteiger partial charge in [0.15, 0.2) is 0 Å². The molecule has 8 aromatic rings. The van der Waals surface area contributed by atoms with E-state index < -0.39 is 26.5 Å². The van der Waals surface area contributed by atoms with Crippen LogP contribution in [0.2, 0.25) is 0 Å². The van der Waals surface area contributed by atoms with Gasteiger partial charge in [-0.3, -0.25) is 0 Å². The van der Waals surface area contributed by atoms with Crippen molar-refractivity contribution in [1.29, 1.82) is 0 Å². The first-order valence-electron chi connectivity index (χ1n) is 22.3. The fourth-order valence-electron chi connectivity index (χ4n) is 9.69. The van der Waals surface area contributed by atoms with Gasteiger partial charge in [-0.2, -0.15) is 0 Å². The first-order valence-corrected chi connectivity index (χ1v) is 26.7. The van der Waals surface area contributed by atoms with E-state index in [1.807, 2.05) is 12.1 Å². The van der Waals surface area contributed by atoms with Crippen molar-refractivity contribution in [2.75, 3.05) is 12.3 Å². The maximum absolute atomic E-state index is 12.6. The van der Waals surface area contributed by atoms with Crippen LogP contribution >= 0.6 is 14.5 Å². The third-order valence-electron chi connectivity index (χ3n) is 12.5. The van der Waals surface area contributed by atoms with Gasteiger partial charge in [0.2, 0.25) is 0 Å². The molecule has 8 rings (SSSR count). The molecule has 0 aliphatic heterocycles. The summed E-state index contributed by atoms with van der Waals surface area (Å²) >= 11 is 0. The zero-order valence-corrected chi connectivity index (χ0v) is 38.7. The standard InChI is InChI=1S/C58H56O4P2/c1-45(59)61-57-39-37-47(23-21-41-63(49-25-9-3-10-26-49,50-27-11-4-12-28-50)51-29-13-5-14-30-51)43-55(57)56-44-48(38-40-58(56)62-46(2)60)24-22-42-64(52-31-15-6-16-32-52,53-33-17-7-18-34-53)54-35-19-8-20-36-54/h3-20,25-40,43-44,63-64H,21-24,41-42H2,1-2H3. The van der Waals surface area contributed by atoms with Crippen molar-refractivity contribution in [2.45, 2.75) is 39.5 Å². The molecule has 64 heavy (non-hydrogen) atoms. The Morgan fingerprint density at radius 2 is 0.609 bits per heavy atom. The number of carbonyl (C=O) groups excluding carboxylic acids is 2. The van der Waals surface area contributed by atoms with Crippen LogP contribution in [0, 0.1) is 0 Å². The second-order valence-electron chi connectivity index (χ2n) is 16.6. The van der Waals surface area contributed by atoms with Crippen molar-refractivity contribution in [3.63, 3.8) is 0 Å². The summed E-state index contributed by atoms with van der Waals surface area (Å²) in [6, 6.07) is 78.3. The van der Waals surface area contributed by atoms with Crippen molar-refractivity contribution in [1.82, 2.24) is 0 Å². The van der Waals surface area contributed by atoms with E-state index in [2.05, 4.69) is 206 Å². The van der Waals surface area contributed by atoms with E-state index in [9.17, 15) is 9.59 Å². The molecule has 0 saturated heterocycles. The quantitative estimate of drug-likeness (QED) is 0.0520. The molecule has 0 aromatic heterocycles. The average Bonchev–Trinajstić information content (AvgIpc) is 3.34. The molecule has 0 unspecified atom stereocenters. The Bertz CT molecular complexity index is 2380. The number of rotatable bonds is 17. The second kappa shape index (κ2) is 20.8. The summed E-state index contributed by atoms with van der Waals surface area (Å²) in [7, 11) is -4.88. The maximum atomic E-state index is 12.6. The molecule has 0 amide bonds. The third kappa shape index (κ3) is 9.85. The normalized spacial score (nSPS) is 12.0. The van der Waals surface area contributed by atoms with Gasteiger partial charge in [0.25, 0.3) is 0 Å². The number of benzene rings is 8. The van der Waals surface area contributed by atoms with Crippen LogP contribution in [0.5, 0.6) is 11.5 Å². The van der Waals surface area contributed by atoms with E-state index in [1.54, 1.807) is 0 Å². The zero-order valence-electron chi connectivity index (χ0n) is 36.7. The average molecular weight is 879 g/mol. The SMILES string of the molecule is CC(=O)Oc1ccc(CCC[PH](c2ccccc2)(c2ccccc2)c2ccccc2)cc1-c1cc(CCC[PH](c2ccccc2)(c2ccccc2)c2ccccc2)ccc1OC(C)=O. The first-order chi connectivity index (χ1) is 31.4. The molecule has 0 spiro atoms. The van der Waals surface area contributed by atoms with E-state index in [4.69, 9.17) is 9.47 Å². The molecular formula is C58H56O4P2. The molecule has 0 aliphatic rings. The number of carbonyl (C=O) groups is 2. The summed E-state index contributed by atoms with van der Waals surface area (Å²) in [4.78, 5) is 25.2. The van der Waals surface area contributed by atoms with E-state index in [0.717, 1.165) is 60.3 Å². The number of hydrogen-bond donors (Lipinski definition) is 0. The zero-order chi connectivity index (χ0) is 44.2. The van der Waals surface area contributed by atoms with Crippen LogP contribution in [0.15, 0.2) is 218 Å². The molecule has 322 valence electrons. The fraction of sp³-hybridized carbons (Fsp3) is 0.138. The van der Waals surface area contributed by atoms with Crippen LogP contribution < -0.4 is 41.3 Å². The molecule has 0 fully saturated rings. The van der Waals surface area contributed by atoms with Crippen molar-refractivity contribution >= 4 is 58.3 Å². The topological polar surface area (TPSA) is 52.6 Å². The van der Waals surface area contributed by atoms with Crippen molar-refractivity contribution in [3.05, 3.63) is 230 Å². The Morgan fingerprint density at radius 3 is 0.844 bits per heavy atom. The summed E-state index contributed by atoms with van der Waals surface area (Å²) in [6.07, 6.45) is 5.48. The number of esters is 2. The van der Waals surface area contributed by atoms with Gasteiger partial charge < -0.3 is 0 Å². The van der Waals surface area contributed by atoms with E-state index in [0.29, 0.717) is 11.5 Å². The second-order valence-corrected chi connectivity index (χ2v) is 24.6. The summed E-state index contributed by atoms with van der Waals surface area (Å²) < 4.78 is 11.8. The summed E-state index contributed by atoms with van der Waals surface area (Å²) in [5.41, 5.74) is 3.69. The Labute approximate surface area is 379 Å². The molecule has 0 atom stereocenters. The van der Waals surface area contributed by atoms with Gasteiger partial charge in [-0.25, -0.2) is 0 Å². The van der Waals surface area contributed by atoms with Gasteiger partial charge in [-0.05, 0) is 0 Å². The monoisotopic (exact) mass is 878 g/mol. The molecule has 0 radical (unpaired) electrons. The van der Waals surface area contributed by atoms with Gasteiger partial charge in [-0.15, -0.1) is 0 Å². The number of hydrogen-bond acceptors (Lipinski definition) is 4. The predicted octanol–water partition coefficient (Wildman–Crippen LogP) is 10.5. The fourth-order valence-corrected chi connectivity index (χ4v) is 19.4. The van der Waals surface area contributed by atoms with Gasteiger partial charge in [0.1, 0.15) is 0 Å². The van der Waals surface area contributed by atoms with Crippen molar-refractivity contribution in [3.8, 4) is 22.6 Å². The number of aryl methyl sites for hydroxylation is 2. The van der Waals surface area contributed by atoms with Crippen LogP contribution in [0.3, 0.4) is 0 Å². The van der Waals surface area contributed by atoms with E-state index in [-0.39, 0.29) is 0 Å². The third-order valence-corrected chi connectivity index (χ3v) is 22.6. The van der Waals surface area contributed by atoms with E-state index >= 15 is 0 Å². The molecule has 0 aliphatic carbocycles. The minimum atomic E-state index is -2.44. The molecule has 4 nitrogen and oxygen atoms in total. The summed E-state index contributed by atoms with van der Waals surface area (Å²) in [6.45, 7) is 2.84. The Kier molecular flexibility index (Phi) is 14.4. The Balaban J connectivity index is 1.13. The Hall–Kier alpha value is -6.44. The van der Waals surface area contributed by atoms with Crippen molar-refractivity contribution in [2.24, 2.45) is 0 Å². The van der Waals surface area contributed by atoms with Gasteiger partial charge in [0, 0.05) is 0 Å². The van der Waals surface area contributed by atoms with Crippen molar-refractivity contribution < 1.29 is 19.1 Å². The first kappa shape index (κ1) is 44.2. The molecule has 8 aromatic carbocycles. The molecule has 0 bridgehead atoms. The van der Waals surface area contributed by atoms with Gasteiger partial charge in [-0.1, -0.05) is 0 Å². The van der Waals surface area contributed by atoms with Gasteiger partial charge >= 0.3 is 381 Å². The molecule has 0 saturated carbocycles.